The number of hydrogen-bond donors (Lipinski definition) is 3. The maximum Gasteiger partial charge on any atom is 0.255 e. The van der Waals surface area contributed by atoms with Crippen molar-refractivity contribution in [2.45, 2.75) is 19.8 Å². The van der Waals surface area contributed by atoms with Gasteiger partial charge in [0.1, 0.15) is 0 Å². The molecule has 2 amide bonds. The number of nitrogens with one attached hydrogen (secondary N) is 3. The molecule has 1 heterocycles. The lowest BCUT2D eigenvalue weighted by molar-refractivity contribution is 0.0951. The summed E-state index contributed by atoms with van der Waals surface area (Å²) in [5.74, 6) is -0.339. The number of aryl methyl sites for hydroxylation is 2. The van der Waals surface area contributed by atoms with Gasteiger partial charge in [0.25, 0.3) is 11.8 Å². The van der Waals surface area contributed by atoms with Gasteiger partial charge in [-0.25, -0.2) is 0 Å². The van der Waals surface area contributed by atoms with Crippen LogP contribution in [0.4, 0.5) is 5.69 Å². The molecule has 0 saturated heterocycles. The number of aromatic nitrogens is 1. The Labute approximate surface area is 181 Å². The van der Waals surface area contributed by atoms with Crippen molar-refractivity contribution in [1.82, 2.24) is 10.3 Å². The molecule has 3 N–H and O–H groups in total. The molecule has 0 aliphatic heterocycles. The van der Waals surface area contributed by atoms with Crippen molar-refractivity contribution in [3.8, 4) is 0 Å². The number of amides is 2. The van der Waals surface area contributed by atoms with Gasteiger partial charge in [-0.05, 0) is 61.2 Å². The first kappa shape index (κ1) is 20.4. The van der Waals surface area contributed by atoms with E-state index < -0.39 is 0 Å². The molecule has 31 heavy (non-hydrogen) atoms. The van der Waals surface area contributed by atoms with Crippen LogP contribution in [0.5, 0.6) is 0 Å². The van der Waals surface area contributed by atoms with E-state index in [9.17, 15) is 9.59 Å². The Kier molecular flexibility index (Phi) is 6.13. The van der Waals surface area contributed by atoms with Crippen LogP contribution in [0.25, 0.3) is 10.9 Å². The molecule has 4 aromatic rings. The van der Waals surface area contributed by atoms with Crippen molar-refractivity contribution in [2.75, 3.05) is 11.9 Å². The number of anilines is 1. The van der Waals surface area contributed by atoms with Crippen LogP contribution >= 0.6 is 0 Å². The van der Waals surface area contributed by atoms with Gasteiger partial charge in [0.05, 0.1) is 0 Å². The molecule has 0 atom stereocenters. The fraction of sp³-hybridized carbons (Fsp3) is 0.154. The van der Waals surface area contributed by atoms with Crippen LogP contribution in [0.1, 0.15) is 38.3 Å². The second-order valence-electron chi connectivity index (χ2n) is 7.57. The largest absolute Gasteiger partial charge is 0.361 e. The van der Waals surface area contributed by atoms with E-state index in [0.29, 0.717) is 23.4 Å². The van der Waals surface area contributed by atoms with Crippen molar-refractivity contribution >= 4 is 28.4 Å². The minimum absolute atomic E-state index is 0.144. The first-order valence-electron chi connectivity index (χ1n) is 10.4. The summed E-state index contributed by atoms with van der Waals surface area (Å²) in [6, 6.07) is 22.6. The van der Waals surface area contributed by atoms with Gasteiger partial charge in [-0.15, -0.1) is 0 Å². The van der Waals surface area contributed by atoms with E-state index in [4.69, 9.17) is 0 Å². The highest BCUT2D eigenvalue weighted by Crippen LogP contribution is 2.20. The Morgan fingerprint density at radius 3 is 2.48 bits per heavy atom. The molecule has 0 bridgehead atoms. The molecule has 3 aromatic carbocycles. The van der Waals surface area contributed by atoms with Crippen molar-refractivity contribution in [3.05, 3.63) is 101 Å². The van der Waals surface area contributed by atoms with Gasteiger partial charge in [-0.3, -0.25) is 9.59 Å². The third-order valence-corrected chi connectivity index (χ3v) is 5.37. The van der Waals surface area contributed by atoms with E-state index in [2.05, 4.69) is 27.8 Å². The van der Waals surface area contributed by atoms with E-state index in [1.807, 2.05) is 49.5 Å². The number of H-pyrrole nitrogens is 1. The van der Waals surface area contributed by atoms with Gasteiger partial charge in [0.15, 0.2) is 0 Å². The lowest BCUT2D eigenvalue weighted by Gasteiger charge is -2.11. The Morgan fingerprint density at radius 2 is 1.65 bits per heavy atom. The lowest BCUT2D eigenvalue weighted by Crippen LogP contribution is -2.25. The number of hydrogen-bond acceptors (Lipinski definition) is 2. The zero-order chi connectivity index (χ0) is 21.6. The number of carbonyl (C=O) groups excluding carboxylic acids is 2. The molecule has 0 saturated carbocycles. The molecule has 0 unspecified atom stereocenters. The van der Waals surface area contributed by atoms with Crippen molar-refractivity contribution in [1.29, 1.82) is 0 Å². The first-order chi connectivity index (χ1) is 15.1. The summed E-state index contributed by atoms with van der Waals surface area (Å²) < 4.78 is 0. The predicted molar refractivity (Wildman–Crippen MR) is 125 cm³/mol. The number of para-hydroxylation sites is 1. The second kappa shape index (κ2) is 9.30. The van der Waals surface area contributed by atoms with Crippen molar-refractivity contribution in [3.63, 3.8) is 0 Å². The van der Waals surface area contributed by atoms with Crippen LogP contribution in [0.15, 0.2) is 79.0 Å². The van der Waals surface area contributed by atoms with E-state index in [1.54, 1.807) is 24.3 Å². The number of rotatable bonds is 7. The maximum atomic E-state index is 12.6. The van der Waals surface area contributed by atoms with E-state index in [-0.39, 0.29) is 11.8 Å². The highest BCUT2D eigenvalue weighted by atomic mass is 16.2. The van der Waals surface area contributed by atoms with Crippen LogP contribution < -0.4 is 10.6 Å². The van der Waals surface area contributed by atoms with Gasteiger partial charge >= 0.3 is 0 Å². The molecule has 5 nitrogen and oxygen atoms in total. The van der Waals surface area contributed by atoms with E-state index in [0.717, 1.165) is 23.9 Å². The smallest absolute Gasteiger partial charge is 0.255 e. The molecule has 0 spiro atoms. The fourth-order valence-corrected chi connectivity index (χ4v) is 3.60. The third kappa shape index (κ3) is 4.83. The molecule has 0 radical (unpaired) electrons. The van der Waals surface area contributed by atoms with Crippen LogP contribution in [0, 0.1) is 6.92 Å². The van der Waals surface area contributed by atoms with E-state index in [1.165, 1.54) is 10.9 Å². The highest BCUT2D eigenvalue weighted by molar-refractivity contribution is 6.05. The van der Waals surface area contributed by atoms with E-state index >= 15 is 0 Å². The van der Waals surface area contributed by atoms with Crippen LogP contribution in [0.3, 0.4) is 0 Å². The Hall–Kier alpha value is -3.86. The number of aromatic amines is 1. The number of fused-ring (bicyclic) bond motifs is 1. The third-order valence-electron chi connectivity index (χ3n) is 5.37. The number of carbonyl (C=O) groups is 2. The number of benzene rings is 3. The standard InChI is InChI=1S/C26H25N3O2/c1-18-13-14-20(16-24(18)29-26(31)19-8-3-2-4-9-19)25(30)27-15-7-10-21-17-28-23-12-6-5-11-22(21)23/h2-6,8-9,11-14,16-17,28H,7,10,15H2,1H3,(H,27,30)(H,29,31). The average Bonchev–Trinajstić information content (AvgIpc) is 3.21. The predicted octanol–water partition coefficient (Wildman–Crippen LogP) is 5.09. The summed E-state index contributed by atoms with van der Waals surface area (Å²) in [5, 5.41) is 7.11. The average molecular weight is 412 g/mol. The van der Waals surface area contributed by atoms with Gasteiger partial charge in [-0.2, -0.15) is 0 Å². The molecular formula is C26H25N3O2. The Bertz CT molecular complexity index is 1210. The zero-order valence-electron chi connectivity index (χ0n) is 17.4. The molecule has 0 aliphatic rings. The van der Waals surface area contributed by atoms with Crippen LogP contribution in [0.2, 0.25) is 0 Å². The minimum Gasteiger partial charge on any atom is -0.361 e. The van der Waals surface area contributed by atoms with Gasteiger partial charge in [0.2, 0.25) is 0 Å². The first-order valence-corrected chi connectivity index (χ1v) is 10.4. The van der Waals surface area contributed by atoms with Gasteiger partial charge < -0.3 is 15.6 Å². The normalized spacial score (nSPS) is 10.7. The zero-order valence-corrected chi connectivity index (χ0v) is 17.4. The van der Waals surface area contributed by atoms with Crippen molar-refractivity contribution < 1.29 is 9.59 Å². The monoisotopic (exact) mass is 411 g/mol. The van der Waals surface area contributed by atoms with Crippen LogP contribution in [-0.2, 0) is 6.42 Å². The summed E-state index contributed by atoms with van der Waals surface area (Å²) in [5.41, 5.74) is 5.04. The molecule has 4 rings (SSSR count). The van der Waals surface area contributed by atoms with Gasteiger partial charge in [0, 0.05) is 40.5 Å². The molecule has 1 aromatic heterocycles. The summed E-state index contributed by atoms with van der Waals surface area (Å²) in [6.45, 7) is 2.49. The quantitative estimate of drug-likeness (QED) is 0.371. The van der Waals surface area contributed by atoms with Crippen LogP contribution in [-0.4, -0.2) is 23.3 Å². The summed E-state index contributed by atoms with van der Waals surface area (Å²) in [4.78, 5) is 28.3. The Balaban J connectivity index is 1.34. The highest BCUT2D eigenvalue weighted by Gasteiger charge is 2.11. The minimum atomic E-state index is -0.194. The van der Waals surface area contributed by atoms with Gasteiger partial charge in [-0.1, -0.05) is 42.5 Å². The summed E-state index contributed by atoms with van der Waals surface area (Å²) in [7, 11) is 0. The SMILES string of the molecule is Cc1ccc(C(=O)NCCCc2c[nH]c3ccccc23)cc1NC(=O)c1ccccc1. The molecular weight excluding hydrogens is 386 g/mol. The summed E-state index contributed by atoms with van der Waals surface area (Å²) >= 11 is 0. The second-order valence-corrected chi connectivity index (χ2v) is 7.57. The topological polar surface area (TPSA) is 74.0 Å². The van der Waals surface area contributed by atoms with Crippen molar-refractivity contribution in [2.24, 2.45) is 0 Å². The lowest BCUT2D eigenvalue weighted by atomic mass is 10.1. The fourth-order valence-electron chi connectivity index (χ4n) is 3.60. The maximum absolute atomic E-state index is 12.6. The molecule has 5 heteroatoms. The molecule has 0 fully saturated rings. The summed E-state index contributed by atoms with van der Waals surface area (Å²) in [6.07, 6.45) is 3.77. The molecule has 0 aliphatic carbocycles. The molecule has 156 valence electrons. The Morgan fingerprint density at radius 1 is 0.871 bits per heavy atom.